The Morgan fingerprint density at radius 1 is 1.33 bits per heavy atom. The van der Waals surface area contributed by atoms with Crippen molar-refractivity contribution >= 4 is 0 Å². The van der Waals surface area contributed by atoms with Crippen molar-refractivity contribution in [3.8, 4) is 0 Å². The molecule has 0 amide bonds. The van der Waals surface area contributed by atoms with Gasteiger partial charge < -0.3 is 10.5 Å². The highest BCUT2D eigenvalue weighted by molar-refractivity contribution is 5.20. The molecule has 3 nitrogen and oxygen atoms in total. The predicted molar refractivity (Wildman–Crippen MR) is 74.4 cm³/mol. The Bertz CT molecular complexity index is 366. The quantitative estimate of drug-likeness (QED) is 0.887. The van der Waals surface area contributed by atoms with Gasteiger partial charge in [-0.3, -0.25) is 4.90 Å². The third kappa shape index (κ3) is 2.74. The minimum absolute atomic E-state index is 0.102. The van der Waals surface area contributed by atoms with Crippen LogP contribution in [0.5, 0.6) is 0 Å². The van der Waals surface area contributed by atoms with E-state index in [2.05, 4.69) is 50.1 Å². The maximum absolute atomic E-state index is 6.20. The Morgan fingerprint density at radius 2 is 2.00 bits per heavy atom. The second-order valence-corrected chi connectivity index (χ2v) is 5.31. The summed E-state index contributed by atoms with van der Waals surface area (Å²) in [5.41, 5.74) is 7.49. The highest BCUT2D eigenvalue weighted by Crippen LogP contribution is 2.29. The summed E-state index contributed by atoms with van der Waals surface area (Å²) in [5.74, 6) is 0. The molecule has 4 atom stereocenters. The van der Waals surface area contributed by atoms with E-state index >= 15 is 0 Å². The largest absolute Gasteiger partial charge is 0.377 e. The van der Waals surface area contributed by atoms with E-state index in [0.717, 1.165) is 13.0 Å². The fourth-order valence-electron chi connectivity index (χ4n) is 3.02. The van der Waals surface area contributed by atoms with E-state index in [4.69, 9.17) is 10.5 Å². The third-order valence-corrected chi connectivity index (χ3v) is 3.94. The van der Waals surface area contributed by atoms with Gasteiger partial charge in [0.05, 0.1) is 6.10 Å². The minimum Gasteiger partial charge on any atom is -0.377 e. The van der Waals surface area contributed by atoms with Crippen molar-refractivity contribution in [2.45, 2.75) is 44.5 Å². The standard InChI is InChI=1S/C15H24N2O/c1-11(16)15(13-7-5-4-6-8-13)17(3)14-9-10-18-12(14)2/h4-8,11-12,14-15H,9-10,16H2,1-3H3. The van der Waals surface area contributed by atoms with Gasteiger partial charge in [0.15, 0.2) is 0 Å². The van der Waals surface area contributed by atoms with E-state index in [0.29, 0.717) is 12.1 Å². The molecule has 0 bridgehead atoms. The number of hydrogen-bond donors (Lipinski definition) is 1. The first kappa shape index (κ1) is 13.5. The maximum atomic E-state index is 6.20. The SMILES string of the molecule is CC(N)C(c1ccccc1)N(C)C1CCOC1C. The summed E-state index contributed by atoms with van der Waals surface area (Å²) >= 11 is 0. The molecule has 3 heteroatoms. The zero-order valence-electron chi connectivity index (χ0n) is 11.5. The molecule has 0 aliphatic carbocycles. The van der Waals surface area contributed by atoms with Crippen LogP contribution in [0.1, 0.15) is 31.9 Å². The van der Waals surface area contributed by atoms with Crippen LogP contribution in [0, 0.1) is 0 Å². The van der Waals surface area contributed by atoms with Gasteiger partial charge in [0.25, 0.3) is 0 Å². The molecule has 100 valence electrons. The number of likely N-dealkylation sites (N-methyl/N-ethyl adjacent to an activating group) is 1. The van der Waals surface area contributed by atoms with Crippen molar-refractivity contribution in [3.05, 3.63) is 35.9 Å². The summed E-state index contributed by atoms with van der Waals surface area (Å²) in [6, 6.07) is 11.3. The van der Waals surface area contributed by atoms with E-state index in [-0.39, 0.29) is 12.1 Å². The summed E-state index contributed by atoms with van der Waals surface area (Å²) in [6.45, 7) is 5.09. The van der Waals surface area contributed by atoms with Crippen LogP contribution in [0.4, 0.5) is 0 Å². The van der Waals surface area contributed by atoms with Crippen LogP contribution in [-0.4, -0.2) is 36.7 Å². The van der Waals surface area contributed by atoms with Gasteiger partial charge in [-0.1, -0.05) is 30.3 Å². The van der Waals surface area contributed by atoms with E-state index in [1.54, 1.807) is 0 Å². The highest BCUT2D eigenvalue weighted by Gasteiger charge is 2.33. The molecule has 1 heterocycles. The third-order valence-electron chi connectivity index (χ3n) is 3.94. The summed E-state index contributed by atoms with van der Waals surface area (Å²) in [5, 5.41) is 0. The van der Waals surface area contributed by atoms with Gasteiger partial charge in [0.1, 0.15) is 0 Å². The van der Waals surface area contributed by atoms with Crippen molar-refractivity contribution in [2.75, 3.05) is 13.7 Å². The molecule has 0 aromatic heterocycles. The molecule has 0 saturated carbocycles. The van der Waals surface area contributed by atoms with Gasteiger partial charge in [0.2, 0.25) is 0 Å². The van der Waals surface area contributed by atoms with Crippen LogP contribution in [0.3, 0.4) is 0 Å². The Hall–Kier alpha value is -0.900. The number of nitrogens with two attached hydrogens (primary N) is 1. The molecular formula is C15H24N2O. The van der Waals surface area contributed by atoms with Crippen LogP contribution in [0.15, 0.2) is 30.3 Å². The molecule has 4 unspecified atom stereocenters. The Morgan fingerprint density at radius 3 is 2.50 bits per heavy atom. The lowest BCUT2D eigenvalue weighted by Gasteiger charge is -2.37. The fourth-order valence-corrected chi connectivity index (χ4v) is 3.02. The normalized spacial score (nSPS) is 27.4. The van der Waals surface area contributed by atoms with Crippen LogP contribution in [-0.2, 0) is 4.74 Å². The van der Waals surface area contributed by atoms with E-state index < -0.39 is 0 Å². The lowest BCUT2D eigenvalue weighted by molar-refractivity contribution is 0.0626. The van der Waals surface area contributed by atoms with Crippen molar-refractivity contribution in [2.24, 2.45) is 5.73 Å². The van der Waals surface area contributed by atoms with Crippen LogP contribution in [0.25, 0.3) is 0 Å². The molecule has 1 aliphatic heterocycles. The van der Waals surface area contributed by atoms with Crippen molar-refractivity contribution < 1.29 is 4.74 Å². The van der Waals surface area contributed by atoms with Crippen LogP contribution in [0.2, 0.25) is 0 Å². The molecule has 1 aliphatic rings. The summed E-state index contributed by atoms with van der Waals surface area (Å²) in [7, 11) is 2.16. The molecule has 0 spiro atoms. The topological polar surface area (TPSA) is 38.5 Å². The monoisotopic (exact) mass is 248 g/mol. The average Bonchev–Trinajstić information content (AvgIpc) is 2.76. The van der Waals surface area contributed by atoms with Crippen molar-refractivity contribution in [1.82, 2.24) is 4.90 Å². The molecule has 1 aromatic rings. The van der Waals surface area contributed by atoms with E-state index in [1.165, 1.54) is 5.56 Å². The smallest absolute Gasteiger partial charge is 0.0703 e. The summed E-state index contributed by atoms with van der Waals surface area (Å²) in [6.07, 6.45) is 1.38. The first-order chi connectivity index (χ1) is 8.61. The molecule has 18 heavy (non-hydrogen) atoms. The van der Waals surface area contributed by atoms with Crippen LogP contribution >= 0.6 is 0 Å². The molecule has 2 N–H and O–H groups in total. The lowest BCUT2D eigenvalue weighted by Crippen LogP contribution is -2.45. The van der Waals surface area contributed by atoms with Gasteiger partial charge in [-0.05, 0) is 32.9 Å². The zero-order chi connectivity index (χ0) is 13.1. The number of nitrogens with zero attached hydrogens (tertiary/aromatic N) is 1. The summed E-state index contributed by atoms with van der Waals surface area (Å²) in [4.78, 5) is 2.39. The molecule has 2 rings (SSSR count). The molecule has 0 radical (unpaired) electrons. The van der Waals surface area contributed by atoms with Gasteiger partial charge in [-0.2, -0.15) is 0 Å². The highest BCUT2D eigenvalue weighted by atomic mass is 16.5. The second kappa shape index (κ2) is 5.83. The van der Waals surface area contributed by atoms with Gasteiger partial charge in [-0.15, -0.1) is 0 Å². The second-order valence-electron chi connectivity index (χ2n) is 5.31. The van der Waals surface area contributed by atoms with E-state index in [9.17, 15) is 0 Å². The Labute approximate surface area is 110 Å². The summed E-state index contributed by atoms with van der Waals surface area (Å²) < 4.78 is 5.67. The van der Waals surface area contributed by atoms with Crippen LogP contribution < -0.4 is 5.73 Å². The molecule has 1 saturated heterocycles. The molecule has 1 aromatic carbocycles. The first-order valence-corrected chi connectivity index (χ1v) is 6.75. The number of hydrogen-bond acceptors (Lipinski definition) is 3. The Balaban J connectivity index is 2.20. The van der Waals surface area contributed by atoms with Gasteiger partial charge >= 0.3 is 0 Å². The van der Waals surface area contributed by atoms with Gasteiger partial charge in [0, 0.05) is 24.7 Å². The first-order valence-electron chi connectivity index (χ1n) is 6.75. The minimum atomic E-state index is 0.102. The maximum Gasteiger partial charge on any atom is 0.0703 e. The Kier molecular flexibility index (Phi) is 4.38. The number of ether oxygens (including phenoxy) is 1. The lowest BCUT2D eigenvalue weighted by atomic mass is 9.96. The van der Waals surface area contributed by atoms with Crippen molar-refractivity contribution in [1.29, 1.82) is 0 Å². The van der Waals surface area contributed by atoms with Gasteiger partial charge in [-0.25, -0.2) is 0 Å². The zero-order valence-corrected chi connectivity index (χ0v) is 11.5. The average molecular weight is 248 g/mol. The molecular weight excluding hydrogens is 224 g/mol. The number of benzene rings is 1. The fraction of sp³-hybridized carbons (Fsp3) is 0.600. The van der Waals surface area contributed by atoms with E-state index in [1.807, 2.05) is 6.07 Å². The number of rotatable bonds is 4. The molecule has 1 fully saturated rings. The van der Waals surface area contributed by atoms with Crippen molar-refractivity contribution in [3.63, 3.8) is 0 Å². The predicted octanol–water partition coefficient (Wildman–Crippen LogP) is 2.18.